The van der Waals surface area contributed by atoms with Gasteiger partial charge in [0.1, 0.15) is 5.15 Å². The zero-order valence-corrected chi connectivity index (χ0v) is 9.70. The maximum absolute atomic E-state index is 9.17. The summed E-state index contributed by atoms with van der Waals surface area (Å²) in [5.41, 5.74) is 6.36. The first-order chi connectivity index (χ1) is 7.00. The van der Waals surface area contributed by atoms with E-state index in [4.69, 9.17) is 22.4 Å². The molecule has 0 saturated heterocycles. The van der Waals surface area contributed by atoms with E-state index in [2.05, 4.69) is 4.98 Å². The van der Waals surface area contributed by atoms with Crippen molar-refractivity contribution in [3.05, 3.63) is 17.3 Å². The summed E-state index contributed by atoms with van der Waals surface area (Å²) < 4.78 is 0. The zero-order chi connectivity index (χ0) is 11.4. The fourth-order valence-electron chi connectivity index (χ4n) is 1.23. The Bertz CT molecular complexity index is 330. The van der Waals surface area contributed by atoms with E-state index in [-0.39, 0.29) is 6.10 Å². The van der Waals surface area contributed by atoms with Gasteiger partial charge in [0, 0.05) is 13.6 Å². The van der Waals surface area contributed by atoms with Crippen LogP contribution in [-0.2, 0) is 0 Å². The molecule has 4 nitrogen and oxygen atoms in total. The van der Waals surface area contributed by atoms with Gasteiger partial charge in [0.2, 0.25) is 0 Å². The van der Waals surface area contributed by atoms with Crippen molar-refractivity contribution >= 4 is 23.1 Å². The van der Waals surface area contributed by atoms with E-state index in [1.54, 1.807) is 19.1 Å². The zero-order valence-electron chi connectivity index (χ0n) is 8.94. The van der Waals surface area contributed by atoms with Gasteiger partial charge in [-0.3, -0.25) is 0 Å². The Labute approximate surface area is 94.7 Å². The maximum atomic E-state index is 9.17. The Morgan fingerprint density at radius 3 is 2.87 bits per heavy atom. The molecule has 1 rings (SSSR count). The molecule has 15 heavy (non-hydrogen) atoms. The monoisotopic (exact) mass is 229 g/mol. The molecule has 0 fully saturated rings. The average molecular weight is 230 g/mol. The van der Waals surface area contributed by atoms with Crippen LogP contribution in [0.2, 0.25) is 5.15 Å². The Balaban J connectivity index is 2.72. The minimum absolute atomic E-state index is 0.326. The Morgan fingerprint density at radius 2 is 2.27 bits per heavy atom. The van der Waals surface area contributed by atoms with Crippen molar-refractivity contribution < 1.29 is 5.11 Å². The molecule has 84 valence electrons. The van der Waals surface area contributed by atoms with Crippen LogP contribution >= 0.6 is 11.6 Å². The molecule has 0 amide bonds. The number of aromatic nitrogens is 1. The number of hydrogen-bond donors (Lipinski definition) is 2. The quantitative estimate of drug-likeness (QED) is 0.769. The summed E-state index contributed by atoms with van der Waals surface area (Å²) in [6.45, 7) is 2.44. The van der Waals surface area contributed by atoms with Crippen molar-refractivity contribution in [2.24, 2.45) is 0 Å². The molecule has 0 aliphatic rings. The molecule has 1 aromatic rings. The smallest absolute Gasteiger partial charge is 0.153 e. The molecule has 0 spiro atoms. The summed E-state index contributed by atoms with van der Waals surface area (Å²) in [6, 6.07) is 3.38. The molecule has 5 heteroatoms. The van der Waals surface area contributed by atoms with Gasteiger partial charge in [0.05, 0.1) is 11.8 Å². The van der Waals surface area contributed by atoms with Gasteiger partial charge in [-0.2, -0.15) is 0 Å². The number of aliphatic hydroxyl groups excluding tert-OH is 1. The lowest BCUT2D eigenvalue weighted by atomic mass is 10.2. The van der Waals surface area contributed by atoms with E-state index in [1.165, 1.54) is 0 Å². The highest BCUT2D eigenvalue weighted by atomic mass is 35.5. The largest absolute Gasteiger partial charge is 0.396 e. The van der Waals surface area contributed by atoms with Gasteiger partial charge in [0.15, 0.2) is 5.82 Å². The van der Waals surface area contributed by atoms with Crippen LogP contribution in [0.15, 0.2) is 12.1 Å². The first-order valence-corrected chi connectivity index (χ1v) is 5.19. The van der Waals surface area contributed by atoms with E-state index in [0.29, 0.717) is 29.6 Å². The molecular weight excluding hydrogens is 214 g/mol. The number of halogens is 1. The molecule has 0 aliphatic carbocycles. The molecule has 1 unspecified atom stereocenters. The molecule has 0 aromatic carbocycles. The van der Waals surface area contributed by atoms with Crippen LogP contribution in [0.3, 0.4) is 0 Å². The van der Waals surface area contributed by atoms with Crippen molar-refractivity contribution in [2.75, 3.05) is 24.2 Å². The topological polar surface area (TPSA) is 62.4 Å². The lowest BCUT2D eigenvalue weighted by molar-refractivity contribution is 0.187. The molecule has 1 heterocycles. The highest BCUT2D eigenvalue weighted by Crippen LogP contribution is 2.21. The summed E-state index contributed by atoms with van der Waals surface area (Å²) >= 11 is 5.78. The highest BCUT2D eigenvalue weighted by Gasteiger charge is 2.08. The molecule has 0 saturated carbocycles. The van der Waals surface area contributed by atoms with E-state index in [9.17, 15) is 0 Å². The van der Waals surface area contributed by atoms with Crippen molar-refractivity contribution in [1.82, 2.24) is 4.98 Å². The average Bonchev–Trinajstić information content (AvgIpc) is 2.18. The van der Waals surface area contributed by atoms with Crippen LogP contribution < -0.4 is 10.6 Å². The Hall–Kier alpha value is -1.00. The molecule has 0 aliphatic heterocycles. The molecular formula is C10H16ClN3O. The van der Waals surface area contributed by atoms with Crippen LogP contribution in [0.25, 0.3) is 0 Å². The van der Waals surface area contributed by atoms with Gasteiger partial charge in [0.25, 0.3) is 0 Å². The molecule has 0 bridgehead atoms. The lowest BCUT2D eigenvalue weighted by Gasteiger charge is -2.20. The minimum atomic E-state index is -0.326. The van der Waals surface area contributed by atoms with Crippen LogP contribution in [0.4, 0.5) is 11.5 Å². The SMILES string of the molecule is CC(O)CCN(C)c1nc(Cl)ccc1N. The predicted octanol–water partition coefficient (Wildman–Crippen LogP) is 1.52. The fraction of sp³-hybridized carbons (Fsp3) is 0.500. The summed E-state index contributed by atoms with van der Waals surface area (Å²) in [5, 5.41) is 9.59. The second-order valence-corrected chi connectivity index (χ2v) is 3.99. The number of nitrogens with two attached hydrogens (primary N) is 1. The third kappa shape index (κ3) is 3.57. The van der Waals surface area contributed by atoms with Gasteiger partial charge < -0.3 is 15.7 Å². The van der Waals surface area contributed by atoms with Crippen molar-refractivity contribution in [3.63, 3.8) is 0 Å². The van der Waals surface area contributed by atoms with E-state index >= 15 is 0 Å². The molecule has 1 aromatic heterocycles. The molecule has 0 radical (unpaired) electrons. The van der Waals surface area contributed by atoms with Gasteiger partial charge in [-0.05, 0) is 25.5 Å². The summed E-state index contributed by atoms with van der Waals surface area (Å²) in [4.78, 5) is 6.02. The third-order valence-electron chi connectivity index (χ3n) is 2.12. The fourth-order valence-corrected chi connectivity index (χ4v) is 1.37. The third-order valence-corrected chi connectivity index (χ3v) is 2.33. The van der Waals surface area contributed by atoms with Gasteiger partial charge in [-0.25, -0.2) is 4.98 Å². The first kappa shape index (κ1) is 12.1. The second-order valence-electron chi connectivity index (χ2n) is 3.61. The maximum Gasteiger partial charge on any atom is 0.153 e. The van der Waals surface area contributed by atoms with Crippen molar-refractivity contribution in [1.29, 1.82) is 0 Å². The van der Waals surface area contributed by atoms with Gasteiger partial charge in [-0.15, -0.1) is 0 Å². The molecule has 3 N–H and O–H groups in total. The van der Waals surface area contributed by atoms with E-state index in [0.717, 1.165) is 0 Å². The summed E-state index contributed by atoms with van der Waals surface area (Å²) in [6.07, 6.45) is 0.345. The predicted molar refractivity (Wildman–Crippen MR) is 63.2 cm³/mol. The lowest BCUT2D eigenvalue weighted by Crippen LogP contribution is -2.23. The van der Waals surface area contributed by atoms with Crippen molar-refractivity contribution in [3.8, 4) is 0 Å². The number of hydrogen-bond acceptors (Lipinski definition) is 4. The van der Waals surface area contributed by atoms with Crippen LogP contribution in [0, 0.1) is 0 Å². The van der Waals surface area contributed by atoms with E-state index in [1.807, 2.05) is 11.9 Å². The Kier molecular flexibility index (Phi) is 4.17. The van der Waals surface area contributed by atoms with Crippen LogP contribution in [-0.4, -0.2) is 29.8 Å². The van der Waals surface area contributed by atoms with Gasteiger partial charge >= 0.3 is 0 Å². The van der Waals surface area contributed by atoms with Crippen LogP contribution in [0.1, 0.15) is 13.3 Å². The number of rotatable bonds is 4. The first-order valence-electron chi connectivity index (χ1n) is 4.82. The Morgan fingerprint density at radius 1 is 1.60 bits per heavy atom. The normalized spacial score (nSPS) is 12.5. The van der Waals surface area contributed by atoms with Gasteiger partial charge in [-0.1, -0.05) is 11.6 Å². The number of pyridine rings is 1. The standard InChI is InChI=1S/C10H16ClN3O/c1-7(15)5-6-14(2)10-8(12)3-4-9(11)13-10/h3-4,7,15H,5-6,12H2,1-2H3. The van der Waals surface area contributed by atoms with Crippen molar-refractivity contribution in [2.45, 2.75) is 19.4 Å². The molecule has 1 atom stereocenters. The number of nitrogen functional groups attached to an aromatic ring is 1. The highest BCUT2D eigenvalue weighted by molar-refractivity contribution is 6.29. The second kappa shape index (κ2) is 5.19. The number of anilines is 2. The minimum Gasteiger partial charge on any atom is -0.396 e. The van der Waals surface area contributed by atoms with E-state index < -0.39 is 0 Å². The summed E-state index contributed by atoms with van der Waals surface area (Å²) in [7, 11) is 1.87. The summed E-state index contributed by atoms with van der Waals surface area (Å²) in [5.74, 6) is 0.656. The van der Waals surface area contributed by atoms with Crippen LogP contribution in [0.5, 0.6) is 0 Å². The number of nitrogens with zero attached hydrogens (tertiary/aromatic N) is 2. The number of aliphatic hydroxyl groups is 1.